The van der Waals surface area contributed by atoms with Crippen molar-refractivity contribution in [2.75, 3.05) is 31.1 Å². The summed E-state index contributed by atoms with van der Waals surface area (Å²) in [4.78, 5) is 16.6. The van der Waals surface area contributed by atoms with E-state index >= 15 is 0 Å². The van der Waals surface area contributed by atoms with Gasteiger partial charge in [0, 0.05) is 49.6 Å². The van der Waals surface area contributed by atoms with Crippen LogP contribution in [0.15, 0.2) is 30.3 Å². The summed E-state index contributed by atoms with van der Waals surface area (Å²) in [6, 6.07) is 9.67. The second kappa shape index (κ2) is 6.01. The summed E-state index contributed by atoms with van der Waals surface area (Å²) < 4.78 is 1.73. The van der Waals surface area contributed by atoms with E-state index < -0.39 is 0 Å². The maximum Gasteiger partial charge on any atom is 0.274 e. The minimum Gasteiger partial charge on any atom is -0.368 e. The first-order valence-electron chi connectivity index (χ1n) is 7.35. The first-order chi connectivity index (χ1) is 10.5. The lowest BCUT2D eigenvalue weighted by atomic mass is 10.2. The molecule has 5 nitrogen and oxygen atoms in total. The van der Waals surface area contributed by atoms with Crippen molar-refractivity contribution >= 4 is 23.2 Å². The van der Waals surface area contributed by atoms with E-state index in [4.69, 9.17) is 11.6 Å². The van der Waals surface area contributed by atoms with Gasteiger partial charge in [-0.05, 0) is 31.2 Å². The van der Waals surface area contributed by atoms with Crippen LogP contribution in [0.4, 0.5) is 5.69 Å². The summed E-state index contributed by atoms with van der Waals surface area (Å²) in [5.41, 5.74) is 2.62. The third-order valence-electron chi connectivity index (χ3n) is 4.07. The van der Waals surface area contributed by atoms with Crippen LogP contribution < -0.4 is 4.90 Å². The van der Waals surface area contributed by atoms with Crippen LogP contribution in [-0.4, -0.2) is 46.8 Å². The second-order valence-corrected chi connectivity index (χ2v) is 5.99. The van der Waals surface area contributed by atoms with Crippen LogP contribution in [-0.2, 0) is 7.05 Å². The van der Waals surface area contributed by atoms with Gasteiger partial charge in [0.1, 0.15) is 0 Å². The molecule has 2 heterocycles. The molecule has 0 unspecified atom stereocenters. The second-order valence-electron chi connectivity index (χ2n) is 5.55. The van der Waals surface area contributed by atoms with Crippen LogP contribution >= 0.6 is 11.6 Å². The molecule has 0 radical (unpaired) electrons. The van der Waals surface area contributed by atoms with E-state index in [1.165, 1.54) is 0 Å². The van der Waals surface area contributed by atoms with E-state index in [0.29, 0.717) is 18.8 Å². The highest BCUT2D eigenvalue weighted by molar-refractivity contribution is 6.30. The molecule has 1 saturated heterocycles. The van der Waals surface area contributed by atoms with Gasteiger partial charge in [-0.2, -0.15) is 5.10 Å². The Morgan fingerprint density at radius 2 is 1.91 bits per heavy atom. The molecule has 1 fully saturated rings. The normalized spacial score (nSPS) is 15.2. The molecule has 6 heteroatoms. The summed E-state index contributed by atoms with van der Waals surface area (Å²) >= 11 is 6.04. The largest absolute Gasteiger partial charge is 0.368 e. The number of carbonyl (C=O) groups is 1. The SMILES string of the molecule is Cc1cc(C(=O)N2CCN(c3cccc(Cl)c3)CC2)nn1C. The van der Waals surface area contributed by atoms with Gasteiger partial charge in [-0.1, -0.05) is 17.7 Å². The Morgan fingerprint density at radius 3 is 2.50 bits per heavy atom. The number of anilines is 1. The van der Waals surface area contributed by atoms with E-state index in [9.17, 15) is 4.79 Å². The molecule has 1 aliphatic heterocycles. The molecular formula is C16H19ClN4O. The molecule has 22 heavy (non-hydrogen) atoms. The van der Waals surface area contributed by atoms with Crippen molar-refractivity contribution in [2.45, 2.75) is 6.92 Å². The Morgan fingerprint density at radius 1 is 1.18 bits per heavy atom. The van der Waals surface area contributed by atoms with Crippen molar-refractivity contribution in [3.8, 4) is 0 Å². The highest BCUT2D eigenvalue weighted by atomic mass is 35.5. The van der Waals surface area contributed by atoms with Gasteiger partial charge in [0.05, 0.1) is 0 Å². The predicted molar refractivity (Wildman–Crippen MR) is 87.5 cm³/mol. The van der Waals surface area contributed by atoms with E-state index in [1.54, 1.807) is 4.68 Å². The Hall–Kier alpha value is -2.01. The number of aryl methyl sites for hydroxylation is 2. The van der Waals surface area contributed by atoms with Crippen molar-refractivity contribution < 1.29 is 4.79 Å². The Labute approximate surface area is 135 Å². The lowest BCUT2D eigenvalue weighted by molar-refractivity contribution is 0.0740. The van der Waals surface area contributed by atoms with Crippen LogP contribution in [0, 0.1) is 6.92 Å². The number of benzene rings is 1. The minimum absolute atomic E-state index is 0.00874. The maximum atomic E-state index is 12.5. The van der Waals surface area contributed by atoms with Crippen molar-refractivity contribution in [3.05, 3.63) is 46.7 Å². The molecule has 0 spiro atoms. The monoisotopic (exact) mass is 318 g/mol. The topological polar surface area (TPSA) is 41.4 Å². The number of rotatable bonds is 2. The number of nitrogens with zero attached hydrogens (tertiary/aromatic N) is 4. The molecule has 0 N–H and O–H groups in total. The summed E-state index contributed by atoms with van der Waals surface area (Å²) in [6.07, 6.45) is 0. The molecular weight excluding hydrogens is 300 g/mol. The number of aromatic nitrogens is 2. The zero-order chi connectivity index (χ0) is 15.7. The third kappa shape index (κ3) is 2.95. The Bertz CT molecular complexity index is 670. The number of piperazine rings is 1. The lowest BCUT2D eigenvalue weighted by Gasteiger charge is -2.35. The van der Waals surface area contributed by atoms with Gasteiger partial charge in [-0.15, -0.1) is 0 Å². The van der Waals surface area contributed by atoms with Crippen LogP contribution in [0.2, 0.25) is 5.02 Å². The fourth-order valence-corrected chi connectivity index (χ4v) is 2.85. The summed E-state index contributed by atoms with van der Waals surface area (Å²) in [5.74, 6) is 0.00874. The highest BCUT2D eigenvalue weighted by Crippen LogP contribution is 2.21. The maximum absolute atomic E-state index is 12.5. The van der Waals surface area contributed by atoms with Crippen molar-refractivity contribution in [3.63, 3.8) is 0 Å². The van der Waals surface area contributed by atoms with Crippen LogP contribution in [0.1, 0.15) is 16.2 Å². The molecule has 1 aromatic carbocycles. The molecule has 0 saturated carbocycles. The minimum atomic E-state index is 0.00874. The van der Waals surface area contributed by atoms with Crippen molar-refractivity contribution in [1.29, 1.82) is 0 Å². The van der Waals surface area contributed by atoms with Crippen LogP contribution in [0.3, 0.4) is 0 Å². The molecule has 1 aliphatic rings. The molecule has 1 aromatic heterocycles. The molecule has 2 aromatic rings. The number of amides is 1. The van der Waals surface area contributed by atoms with E-state index in [2.05, 4.69) is 10.00 Å². The Kier molecular flexibility index (Phi) is 4.07. The first kappa shape index (κ1) is 14.9. The molecule has 3 rings (SSSR count). The Balaban J connectivity index is 1.65. The van der Waals surface area contributed by atoms with Crippen molar-refractivity contribution in [2.24, 2.45) is 7.05 Å². The quantitative estimate of drug-likeness (QED) is 0.853. The third-order valence-corrected chi connectivity index (χ3v) is 4.31. The van der Waals surface area contributed by atoms with E-state index in [0.717, 1.165) is 29.5 Å². The van der Waals surface area contributed by atoms with Gasteiger partial charge in [-0.25, -0.2) is 0 Å². The number of halogens is 1. The standard InChI is InChI=1S/C16H19ClN4O/c1-12-10-15(18-19(12)2)16(22)21-8-6-20(7-9-21)14-5-3-4-13(17)11-14/h3-5,10-11H,6-9H2,1-2H3. The van der Waals surface area contributed by atoms with Gasteiger partial charge < -0.3 is 9.80 Å². The lowest BCUT2D eigenvalue weighted by Crippen LogP contribution is -2.48. The summed E-state index contributed by atoms with van der Waals surface area (Å²) in [7, 11) is 1.85. The van der Waals surface area contributed by atoms with Gasteiger partial charge in [-0.3, -0.25) is 9.48 Å². The van der Waals surface area contributed by atoms with Gasteiger partial charge in [0.25, 0.3) is 5.91 Å². The number of carbonyl (C=O) groups excluding carboxylic acids is 1. The van der Waals surface area contributed by atoms with Gasteiger partial charge >= 0.3 is 0 Å². The fourth-order valence-electron chi connectivity index (χ4n) is 2.67. The number of hydrogen-bond acceptors (Lipinski definition) is 3. The van der Waals surface area contributed by atoms with Gasteiger partial charge in [0.15, 0.2) is 5.69 Å². The molecule has 1 amide bonds. The smallest absolute Gasteiger partial charge is 0.274 e. The van der Waals surface area contributed by atoms with Crippen molar-refractivity contribution in [1.82, 2.24) is 14.7 Å². The molecule has 0 atom stereocenters. The predicted octanol–water partition coefficient (Wildman–Crippen LogP) is 2.34. The summed E-state index contributed by atoms with van der Waals surface area (Å²) in [6.45, 7) is 4.94. The summed E-state index contributed by atoms with van der Waals surface area (Å²) in [5, 5.41) is 5.00. The molecule has 116 valence electrons. The molecule has 0 aliphatic carbocycles. The first-order valence-corrected chi connectivity index (χ1v) is 7.73. The highest BCUT2D eigenvalue weighted by Gasteiger charge is 2.24. The van der Waals surface area contributed by atoms with E-state index in [1.807, 2.05) is 49.2 Å². The average Bonchev–Trinajstić information content (AvgIpc) is 2.86. The van der Waals surface area contributed by atoms with Gasteiger partial charge in [0.2, 0.25) is 0 Å². The zero-order valence-electron chi connectivity index (χ0n) is 12.8. The number of hydrogen-bond donors (Lipinski definition) is 0. The fraction of sp³-hybridized carbons (Fsp3) is 0.375. The molecule has 0 bridgehead atoms. The van der Waals surface area contributed by atoms with Crippen LogP contribution in [0.25, 0.3) is 0 Å². The zero-order valence-corrected chi connectivity index (χ0v) is 13.5. The van der Waals surface area contributed by atoms with Crippen LogP contribution in [0.5, 0.6) is 0 Å². The average molecular weight is 319 g/mol. The van der Waals surface area contributed by atoms with E-state index in [-0.39, 0.29) is 5.91 Å².